The second-order valence-electron chi connectivity index (χ2n) is 4.67. The van der Waals surface area contributed by atoms with E-state index in [4.69, 9.17) is 0 Å². The van der Waals surface area contributed by atoms with Crippen molar-refractivity contribution in [2.75, 3.05) is 12.8 Å². The van der Waals surface area contributed by atoms with Crippen molar-refractivity contribution in [1.29, 1.82) is 0 Å². The summed E-state index contributed by atoms with van der Waals surface area (Å²) in [5.41, 5.74) is 1.83. The number of fused-ring (bicyclic) bond motifs is 1. The van der Waals surface area contributed by atoms with E-state index in [0.717, 1.165) is 29.7 Å². The summed E-state index contributed by atoms with van der Waals surface area (Å²) in [6.45, 7) is 0.584. The fraction of sp³-hybridized carbons (Fsp3) is 0.417. The van der Waals surface area contributed by atoms with Crippen molar-refractivity contribution in [3.8, 4) is 0 Å². The first kappa shape index (κ1) is 11.7. The lowest BCUT2D eigenvalue weighted by molar-refractivity contribution is 0.389. The smallest absolute Gasteiger partial charge is 0.211 e. The van der Waals surface area contributed by atoms with Gasteiger partial charge in [-0.3, -0.25) is 0 Å². The summed E-state index contributed by atoms with van der Waals surface area (Å²) >= 11 is 0. The number of para-hydroxylation sites is 2. The molecule has 6 heteroatoms. The van der Waals surface area contributed by atoms with E-state index in [2.05, 4.69) is 9.97 Å². The molecule has 96 valence electrons. The summed E-state index contributed by atoms with van der Waals surface area (Å²) in [4.78, 5) is 7.72. The van der Waals surface area contributed by atoms with Gasteiger partial charge in [0.15, 0.2) is 0 Å². The number of rotatable bonds is 2. The summed E-state index contributed by atoms with van der Waals surface area (Å²) in [5.74, 6) is 0.749. The third-order valence-electron chi connectivity index (χ3n) is 3.35. The predicted octanol–water partition coefficient (Wildman–Crippen LogP) is 1.66. The molecule has 3 rings (SSSR count). The Hall–Kier alpha value is -1.40. The van der Waals surface area contributed by atoms with Crippen molar-refractivity contribution in [3.63, 3.8) is 0 Å². The van der Waals surface area contributed by atoms with Gasteiger partial charge in [-0.2, -0.15) is 4.31 Å². The van der Waals surface area contributed by atoms with E-state index in [1.54, 1.807) is 0 Å². The molecule has 0 aliphatic carbocycles. The molecule has 1 aromatic carbocycles. The molecule has 0 unspecified atom stereocenters. The summed E-state index contributed by atoms with van der Waals surface area (Å²) < 4.78 is 25.0. The first-order valence-electron chi connectivity index (χ1n) is 5.97. The maximum atomic E-state index is 11.7. The van der Waals surface area contributed by atoms with Crippen LogP contribution >= 0.6 is 0 Å². The number of nitrogens with zero attached hydrogens (tertiary/aromatic N) is 2. The molecule has 1 aromatic heterocycles. The zero-order valence-electron chi connectivity index (χ0n) is 10.1. The number of imidazole rings is 1. The van der Waals surface area contributed by atoms with Gasteiger partial charge in [0.2, 0.25) is 10.0 Å². The highest BCUT2D eigenvalue weighted by molar-refractivity contribution is 7.88. The van der Waals surface area contributed by atoms with Crippen LogP contribution in [-0.2, 0) is 10.0 Å². The van der Waals surface area contributed by atoms with Crippen LogP contribution in [-0.4, -0.2) is 35.5 Å². The second-order valence-corrected chi connectivity index (χ2v) is 6.61. The molecule has 18 heavy (non-hydrogen) atoms. The largest absolute Gasteiger partial charge is 0.341 e. The standard InChI is InChI=1S/C12H15N3O2S/c1-18(16,17)15-8-4-7-11(15)12-13-9-5-2-3-6-10(9)14-12/h2-3,5-6,11H,4,7-8H2,1H3,(H,13,14)/t11-/m1/s1. The topological polar surface area (TPSA) is 66.1 Å². The summed E-state index contributed by atoms with van der Waals surface area (Å²) in [7, 11) is -3.16. The minimum atomic E-state index is -3.16. The number of sulfonamides is 1. The van der Waals surface area contributed by atoms with E-state index in [9.17, 15) is 8.42 Å². The number of hydrogen-bond donors (Lipinski definition) is 1. The van der Waals surface area contributed by atoms with Crippen LogP contribution in [0.4, 0.5) is 0 Å². The zero-order valence-corrected chi connectivity index (χ0v) is 10.9. The van der Waals surface area contributed by atoms with Crippen LogP contribution in [0.3, 0.4) is 0 Å². The molecular formula is C12H15N3O2S. The van der Waals surface area contributed by atoms with Crippen LogP contribution in [0.1, 0.15) is 24.7 Å². The van der Waals surface area contributed by atoms with Gasteiger partial charge in [-0.05, 0) is 25.0 Å². The van der Waals surface area contributed by atoms with Crippen molar-refractivity contribution in [2.45, 2.75) is 18.9 Å². The quantitative estimate of drug-likeness (QED) is 0.898. The minimum absolute atomic E-state index is 0.146. The first-order chi connectivity index (χ1) is 8.55. The molecule has 1 fully saturated rings. The van der Waals surface area contributed by atoms with E-state index >= 15 is 0 Å². The maximum Gasteiger partial charge on any atom is 0.211 e. The Morgan fingerprint density at radius 2 is 2.17 bits per heavy atom. The molecule has 2 heterocycles. The van der Waals surface area contributed by atoms with Gasteiger partial charge < -0.3 is 4.98 Å². The lowest BCUT2D eigenvalue weighted by Crippen LogP contribution is -2.29. The normalized spacial score (nSPS) is 21.7. The zero-order chi connectivity index (χ0) is 12.8. The minimum Gasteiger partial charge on any atom is -0.341 e. The van der Waals surface area contributed by atoms with E-state index in [0.29, 0.717) is 6.54 Å². The average molecular weight is 265 g/mol. The highest BCUT2D eigenvalue weighted by Crippen LogP contribution is 2.33. The van der Waals surface area contributed by atoms with Gasteiger partial charge in [0.05, 0.1) is 23.3 Å². The summed E-state index contributed by atoms with van der Waals surface area (Å²) in [6.07, 6.45) is 2.97. The van der Waals surface area contributed by atoms with Crippen molar-refractivity contribution in [3.05, 3.63) is 30.1 Å². The highest BCUT2D eigenvalue weighted by atomic mass is 32.2. The van der Waals surface area contributed by atoms with E-state index in [1.165, 1.54) is 10.6 Å². The lowest BCUT2D eigenvalue weighted by Gasteiger charge is -2.19. The molecule has 0 amide bonds. The van der Waals surface area contributed by atoms with Crippen LogP contribution in [0.2, 0.25) is 0 Å². The molecule has 2 aromatic rings. The Morgan fingerprint density at radius 1 is 1.39 bits per heavy atom. The molecule has 5 nitrogen and oxygen atoms in total. The monoisotopic (exact) mass is 265 g/mol. The Kier molecular flexibility index (Phi) is 2.64. The third-order valence-corrected chi connectivity index (χ3v) is 4.64. The Balaban J connectivity index is 2.03. The van der Waals surface area contributed by atoms with Crippen molar-refractivity contribution in [1.82, 2.24) is 14.3 Å². The summed E-state index contributed by atoms with van der Waals surface area (Å²) in [5, 5.41) is 0. The fourth-order valence-corrected chi connectivity index (χ4v) is 3.67. The van der Waals surface area contributed by atoms with Gasteiger partial charge in [0.25, 0.3) is 0 Å². The lowest BCUT2D eigenvalue weighted by atomic mass is 10.2. The number of nitrogens with one attached hydrogen (secondary N) is 1. The van der Waals surface area contributed by atoms with E-state index in [-0.39, 0.29) is 6.04 Å². The Labute approximate surface area is 106 Å². The van der Waals surface area contributed by atoms with Gasteiger partial charge >= 0.3 is 0 Å². The number of H-pyrrole nitrogens is 1. The van der Waals surface area contributed by atoms with Crippen molar-refractivity contribution in [2.24, 2.45) is 0 Å². The molecule has 1 N–H and O–H groups in total. The van der Waals surface area contributed by atoms with E-state index in [1.807, 2.05) is 24.3 Å². The maximum absolute atomic E-state index is 11.7. The van der Waals surface area contributed by atoms with Gasteiger partial charge in [0, 0.05) is 6.54 Å². The van der Waals surface area contributed by atoms with E-state index < -0.39 is 10.0 Å². The third kappa shape index (κ3) is 1.91. The molecule has 1 atom stereocenters. The van der Waals surface area contributed by atoms with Gasteiger partial charge in [-0.15, -0.1) is 0 Å². The molecule has 1 saturated heterocycles. The van der Waals surface area contributed by atoms with Crippen molar-refractivity contribution < 1.29 is 8.42 Å². The average Bonchev–Trinajstić information content (AvgIpc) is 2.94. The van der Waals surface area contributed by atoms with Crippen LogP contribution < -0.4 is 0 Å². The molecule has 1 aliphatic heterocycles. The van der Waals surface area contributed by atoms with Crippen LogP contribution in [0.5, 0.6) is 0 Å². The first-order valence-corrected chi connectivity index (χ1v) is 7.82. The van der Waals surface area contributed by atoms with Gasteiger partial charge in [-0.1, -0.05) is 12.1 Å². The number of benzene rings is 1. The Morgan fingerprint density at radius 3 is 2.89 bits per heavy atom. The number of aromatic amines is 1. The molecule has 1 aliphatic rings. The van der Waals surface area contributed by atoms with Crippen LogP contribution in [0.15, 0.2) is 24.3 Å². The van der Waals surface area contributed by atoms with Gasteiger partial charge in [-0.25, -0.2) is 13.4 Å². The van der Waals surface area contributed by atoms with Gasteiger partial charge in [0.1, 0.15) is 5.82 Å². The number of hydrogen-bond acceptors (Lipinski definition) is 3. The molecule has 0 saturated carbocycles. The molecule has 0 spiro atoms. The summed E-state index contributed by atoms with van der Waals surface area (Å²) in [6, 6.07) is 7.59. The highest BCUT2D eigenvalue weighted by Gasteiger charge is 2.34. The SMILES string of the molecule is CS(=O)(=O)N1CCC[C@@H]1c1nc2ccccc2[nH]1. The molecule has 0 radical (unpaired) electrons. The van der Waals surface area contributed by atoms with Crippen molar-refractivity contribution >= 4 is 21.1 Å². The van der Waals surface area contributed by atoms with Crippen LogP contribution in [0.25, 0.3) is 11.0 Å². The molecule has 0 bridgehead atoms. The fourth-order valence-electron chi connectivity index (χ4n) is 2.54. The van der Waals surface area contributed by atoms with Crippen LogP contribution in [0, 0.1) is 0 Å². The molecular weight excluding hydrogens is 250 g/mol. The Bertz CT molecular complexity index is 644. The number of aromatic nitrogens is 2. The predicted molar refractivity (Wildman–Crippen MR) is 69.6 cm³/mol. The second kappa shape index (κ2) is 4.07.